The second-order valence-electron chi connectivity index (χ2n) is 5.33. The summed E-state index contributed by atoms with van der Waals surface area (Å²) in [7, 11) is 1.66. The van der Waals surface area contributed by atoms with E-state index in [0.717, 1.165) is 23.3 Å². The molecule has 1 amide bonds. The van der Waals surface area contributed by atoms with Gasteiger partial charge in [-0.3, -0.25) is 4.79 Å². The number of aryl methyl sites for hydroxylation is 1. The molecule has 0 saturated heterocycles. The number of nitrogens with two attached hydrogens (primary N) is 1. The van der Waals surface area contributed by atoms with E-state index in [1.165, 1.54) is 5.56 Å². The van der Waals surface area contributed by atoms with E-state index in [9.17, 15) is 4.79 Å². The van der Waals surface area contributed by atoms with E-state index in [4.69, 9.17) is 10.5 Å². The van der Waals surface area contributed by atoms with Crippen molar-refractivity contribution in [3.05, 3.63) is 59.2 Å². The number of amides is 1. The highest BCUT2D eigenvalue weighted by Crippen LogP contribution is 2.19. The SMILES string of the molecule is COc1ccc(C)cc1CCNC(=O)Cc1ccc(N)cc1. The van der Waals surface area contributed by atoms with E-state index in [1.54, 1.807) is 19.2 Å². The van der Waals surface area contributed by atoms with E-state index in [-0.39, 0.29) is 5.91 Å². The predicted octanol–water partition coefficient (Wildman–Crippen LogP) is 2.49. The molecule has 0 unspecified atom stereocenters. The number of anilines is 1. The van der Waals surface area contributed by atoms with Gasteiger partial charge < -0.3 is 15.8 Å². The van der Waals surface area contributed by atoms with Crippen LogP contribution >= 0.6 is 0 Å². The summed E-state index contributed by atoms with van der Waals surface area (Å²) in [6, 6.07) is 13.4. The number of ether oxygens (including phenoxy) is 1. The second-order valence-corrected chi connectivity index (χ2v) is 5.33. The Morgan fingerprint density at radius 2 is 1.91 bits per heavy atom. The molecule has 0 atom stereocenters. The molecule has 0 saturated carbocycles. The molecule has 0 bridgehead atoms. The van der Waals surface area contributed by atoms with Gasteiger partial charge in [0.15, 0.2) is 0 Å². The minimum Gasteiger partial charge on any atom is -0.496 e. The van der Waals surface area contributed by atoms with Gasteiger partial charge in [-0.15, -0.1) is 0 Å². The predicted molar refractivity (Wildman–Crippen MR) is 89.0 cm³/mol. The zero-order valence-corrected chi connectivity index (χ0v) is 13.1. The van der Waals surface area contributed by atoms with E-state index < -0.39 is 0 Å². The maximum Gasteiger partial charge on any atom is 0.224 e. The first kappa shape index (κ1) is 15.9. The lowest BCUT2D eigenvalue weighted by molar-refractivity contribution is -0.120. The van der Waals surface area contributed by atoms with Crippen LogP contribution in [0.4, 0.5) is 5.69 Å². The molecule has 2 rings (SSSR count). The summed E-state index contributed by atoms with van der Waals surface area (Å²) in [5.74, 6) is 0.870. The van der Waals surface area contributed by atoms with Crippen LogP contribution in [0.5, 0.6) is 5.75 Å². The van der Waals surface area contributed by atoms with Gasteiger partial charge in [0.2, 0.25) is 5.91 Å². The molecule has 0 spiro atoms. The minimum absolute atomic E-state index is 0.0105. The zero-order chi connectivity index (χ0) is 15.9. The van der Waals surface area contributed by atoms with Crippen LogP contribution in [-0.4, -0.2) is 19.6 Å². The summed E-state index contributed by atoms with van der Waals surface area (Å²) in [4.78, 5) is 11.9. The molecular formula is C18H22N2O2. The van der Waals surface area contributed by atoms with Crippen molar-refractivity contribution in [2.75, 3.05) is 19.4 Å². The standard InChI is InChI=1S/C18H22N2O2/c1-13-3-8-17(22-2)15(11-13)9-10-20-18(21)12-14-4-6-16(19)7-5-14/h3-8,11H,9-10,12,19H2,1-2H3,(H,20,21). The van der Waals surface area contributed by atoms with Gasteiger partial charge in [0, 0.05) is 12.2 Å². The average molecular weight is 298 g/mol. The van der Waals surface area contributed by atoms with E-state index in [1.807, 2.05) is 31.2 Å². The van der Waals surface area contributed by atoms with Crippen LogP contribution in [0.25, 0.3) is 0 Å². The van der Waals surface area contributed by atoms with Crippen molar-refractivity contribution in [1.29, 1.82) is 0 Å². The number of methoxy groups -OCH3 is 1. The van der Waals surface area contributed by atoms with E-state index in [2.05, 4.69) is 11.4 Å². The topological polar surface area (TPSA) is 64.3 Å². The Kier molecular flexibility index (Phi) is 5.42. The van der Waals surface area contributed by atoms with Gasteiger partial charge in [-0.2, -0.15) is 0 Å². The Bertz CT molecular complexity index is 636. The quantitative estimate of drug-likeness (QED) is 0.805. The summed E-state index contributed by atoms with van der Waals surface area (Å²) >= 11 is 0. The van der Waals surface area contributed by atoms with Crippen molar-refractivity contribution < 1.29 is 9.53 Å². The van der Waals surface area contributed by atoms with Gasteiger partial charge in [0.1, 0.15) is 5.75 Å². The van der Waals surface area contributed by atoms with Gasteiger partial charge in [-0.05, 0) is 42.7 Å². The summed E-state index contributed by atoms with van der Waals surface area (Å²) in [5.41, 5.74) is 9.58. The van der Waals surface area contributed by atoms with E-state index in [0.29, 0.717) is 18.7 Å². The van der Waals surface area contributed by atoms with Crippen LogP contribution in [-0.2, 0) is 17.6 Å². The molecule has 0 aromatic heterocycles. The summed E-state index contributed by atoms with van der Waals surface area (Å²) in [6.07, 6.45) is 1.11. The fraction of sp³-hybridized carbons (Fsp3) is 0.278. The van der Waals surface area contributed by atoms with Crippen LogP contribution in [0, 0.1) is 6.92 Å². The molecule has 2 aromatic carbocycles. The monoisotopic (exact) mass is 298 g/mol. The molecule has 3 N–H and O–H groups in total. The van der Waals surface area contributed by atoms with Crippen molar-refractivity contribution in [1.82, 2.24) is 5.32 Å². The highest BCUT2D eigenvalue weighted by Gasteiger charge is 2.06. The molecule has 116 valence electrons. The molecule has 0 aliphatic carbocycles. The van der Waals surface area contributed by atoms with Gasteiger partial charge in [0.05, 0.1) is 13.5 Å². The van der Waals surface area contributed by atoms with Crippen molar-refractivity contribution in [2.45, 2.75) is 19.8 Å². The number of hydrogen-bond acceptors (Lipinski definition) is 3. The van der Waals surface area contributed by atoms with Crippen molar-refractivity contribution in [3.63, 3.8) is 0 Å². The number of rotatable bonds is 6. The Morgan fingerprint density at radius 1 is 1.18 bits per heavy atom. The molecule has 4 heteroatoms. The normalized spacial score (nSPS) is 10.3. The fourth-order valence-electron chi connectivity index (χ4n) is 2.32. The number of carbonyl (C=O) groups excluding carboxylic acids is 1. The maximum atomic E-state index is 11.9. The molecular weight excluding hydrogens is 276 g/mol. The molecule has 22 heavy (non-hydrogen) atoms. The van der Waals surface area contributed by atoms with E-state index >= 15 is 0 Å². The highest BCUT2D eigenvalue weighted by atomic mass is 16.5. The molecule has 0 aliphatic rings. The number of benzene rings is 2. The molecule has 2 aromatic rings. The Balaban J connectivity index is 1.84. The molecule has 0 radical (unpaired) electrons. The first-order chi connectivity index (χ1) is 10.6. The fourth-order valence-corrected chi connectivity index (χ4v) is 2.32. The summed E-state index contributed by atoms with van der Waals surface area (Å²) < 4.78 is 5.34. The average Bonchev–Trinajstić information content (AvgIpc) is 2.50. The first-order valence-corrected chi connectivity index (χ1v) is 7.33. The van der Waals surface area contributed by atoms with Crippen LogP contribution < -0.4 is 15.8 Å². The smallest absolute Gasteiger partial charge is 0.224 e. The lowest BCUT2D eigenvalue weighted by atomic mass is 10.1. The lowest BCUT2D eigenvalue weighted by Gasteiger charge is -2.10. The van der Waals surface area contributed by atoms with Gasteiger partial charge >= 0.3 is 0 Å². The maximum absolute atomic E-state index is 11.9. The van der Waals surface area contributed by atoms with Crippen LogP contribution in [0.3, 0.4) is 0 Å². The Morgan fingerprint density at radius 3 is 2.59 bits per heavy atom. The minimum atomic E-state index is 0.0105. The third-order valence-electron chi connectivity index (χ3n) is 3.50. The van der Waals surface area contributed by atoms with Crippen molar-refractivity contribution in [2.24, 2.45) is 0 Å². The largest absolute Gasteiger partial charge is 0.496 e. The third-order valence-corrected chi connectivity index (χ3v) is 3.50. The number of nitrogens with one attached hydrogen (secondary N) is 1. The number of hydrogen-bond donors (Lipinski definition) is 2. The molecule has 0 aliphatic heterocycles. The van der Waals surface area contributed by atoms with Crippen molar-refractivity contribution in [3.8, 4) is 5.75 Å². The Hall–Kier alpha value is -2.49. The third kappa shape index (κ3) is 4.52. The molecule has 0 fully saturated rings. The lowest BCUT2D eigenvalue weighted by Crippen LogP contribution is -2.27. The van der Waals surface area contributed by atoms with Crippen molar-refractivity contribution >= 4 is 11.6 Å². The van der Waals surface area contributed by atoms with Gasteiger partial charge in [-0.25, -0.2) is 0 Å². The van der Waals surface area contributed by atoms with Gasteiger partial charge in [0.25, 0.3) is 0 Å². The summed E-state index contributed by atoms with van der Waals surface area (Å²) in [5, 5.41) is 2.94. The summed E-state index contributed by atoms with van der Waals surface area (Å²) in [6.45, 7) is 2.64. The van der Waals surface area contributed by atoms with Crippen LogP contribution in [0.2, 0.25) is 0 Å². The first-order valence-electron chi connectivity index (χ1n) is 7.33. The zero-order valence-electron chi connectivity index (χ0n) is 13.1. The van der Waals surface area contributed by atoms with Gasteiger partial charge in [-0.1, -0.05) is 29.8 Å². The van der Waals surface area contributed by atoms with Crippen LogP contribution in [0.1, 0.15) is 16.7 Å². The molecule has 4 nitrogen and oxygen atoms in total. The Labute approximate surface area is 131 Å². The molecule has 0 heterocycles. The number of carbonyl (C=O) groups is 1. The second kappa shape index (κ2) is 7.50. The highest BCUT2D eigenvalue weighted by molar-refractivity contribution is 5.78. The van der Waals surface area contributed by atoms with Crippen LogP contribution in [0.15, 0.2) is 42.5 Å². The number of nitrogen functional groups attached to an aromatic ring is 1.